The SMILES string of the molecule is CC.CCC#Cc1ccc(F)c(F)c1. The molecule has 76 valence electrons. The number of hydrogen-bond donors (Lipinski definition) is 0. The zero-order chi connectivity index (χ0) is 11.0. The molecule has 1 rings (SSSR count). The lowest BCUT2D eigenvalue weighted by Crippen LogP contribution is -1.84. The summed E-state index contributed by atoms with van der Waals surface area (Å²) in [5.74, 6) is 3.79. The van der Waals surface area contributed by atoms with Crippen molar-refractivity contribution in [3.63, 3.8) is 0 Å². The highest BCUT2D eigenvalue weighted by Gasteiger charge is 1.99. The van der Waals surface area contributed by atoms with Gasteiger partial charge in [0, 0.05) is 12.0 Å². The first kappa shape index (κ1) is 12.6. The zero-order valence-electron chi connectivity index (χ0n) is 8.70. The normalized spacial score (nSPS) is 8.07. The topological polar surface area (TPSA) is 0 Å². The Bertz CT molecular complexity index is 332. The molecule has 0 nitrogen and oxygen atoms in total. The van der Waals surface area contributed by atoms with Crippen molar-refractivity contribution in [2.75, 3.05) is 0 Å². The zero-order valence-corrected chi connectivity index (χ0v) is 8.70. The highest BCUT2D eigenvalue weighted by Crippen LogP contribution is 2.07. The van der Waals surface area contributed by atoms with Gasteiger partial charge in [-0.3, -0.25) is 0 Å². The number of hydrogen-bond acceptors (Lipinski definition) is 0. The minimum absolute atomic E-state index is 0.510. The molecule has 0 aliphatic carbocycles. The monoisotopic (exact) mass is 196 g/mol. The molecule has 0 saturated carbocycles. The third kappa shape index (κ3) is 4.04. The fourth-order valence-electron chi connectivity index (χ4n) is 0.764. The maximum atomic E-state index is 12.6. The van der Waals surface area contributed by atoms with Gasteiger partial charge in [-0.15, -0.1) is 0 Å². The Morgan fingerprint density at radius 1 is 1.14 bits per heavy atom. The Morgan fingerprint density at radius 2 is 1.79 bits per heavy atom. The summed E-state index contributed by atoms with van der Waals surface area (Å²) >= 11 is 0. The molecule has 2 heteroatoms. The average Bonchev–Trinajstić information content (AvgIpc) is 2.23. The van der Waals surface area contributed by atoms with Gasteiger partial charge in [-0.05, 0) is 18.2 Å². The molecule has 0 saturated heterocycles. The first-order valence-corrected chi connectivity index (χ1v) is 4.68. The van der Waals surface area contributed by atoms with E-state index in [1.54, 1.807) is 0 Å². The Labute approximate surface area is 84.0 Å². The molecule has 0 amide bonds. The fourth-order valence-corrected chi connectivity index (χ4v) is 0.764. The predicted octanol–water partition coefficient (Wildman–Crippen LogP) is 3.75. The van der Waals surface area contributed by atoms with Gasteiger partial charge in [0.15, 0.2) is 11.6 Å². The molecule has 1 aromatic rings. The molecule has 14 heavy (non-hydrogen) atoms. The summed E-state index contributed by atoms with van der Waals surface area (Å²) in [4.78, 5) is 0. The Balaban J connectivity index is 0.000000791. The summed E-state index contributed by atoms with van der Waals surface area (Å²) in [5.41, 5.74) is 0.510. The smallest absolute Gasteiger partial charge is 0.160 e. The van der Waals surface area contributed by atoms with E-state index in [0.29, 0.717) is 12.0 Å². The van der Waals surface area contributed by atoms with Crippen LogP contribution in [0, 0.1) is 23.5 Å². The molecular formula is C12H14F2. The van der Waals surface area contributed by atoms with E-state index in [0.717, 1.165) is 12.1 Å². The molecule has 0 bridgehead atoms. The lowest BCUT2D eigenvalue weighted by atomic mass is 10.2. The first-order chi connectivity index (χ1) is 6.74. The molecule has 1 aromatic carbocycles. The van der Waals surface area contributed by atoms with Crippen LogP contribution < -0.4 is 0 Å². The van der Waals surface area contributed by atoms with E-state index < -0.39 is 11.6 Å². The summed E-state index contributed by atoms with van der Waals surface area (Å²) in [6.45, 7) is 5.90. The second kappa shape index (κ2) is 7.08. The van der Waals surface area contributed by atoms with Crippen LogP contribution in [0.25, 0.3) is 0 Å². The van der Waals surface area contributed by atoms with Crippen LogP contribution >= 0.6 is 0 Å². The maximum Gasteiger partial charge on any atom is 0.160 e. The number of benzene rings is 1. The molecule has 0 fully saturated rings. The molecular weight excluding hydrogens is 182 g/mol. The summed E-state index contributed by atoms with van der Waals surface area (Å²) in [6, 6.07) is 3.63. The summed E-state index contributed by atoms with van der Waals surface area (Å²) in [5, 5.41) is 0. The van der Waals surface area contributed by atoms with Crippen LogP contribution in [0.15, 0.2) is 18.2 Å². The van der Waals surface area contributed by atoms with Crippen LogP contribution in [0.2, 0.25) is 0 Å². The molecule has 0 atom stereocenters. The molecule has 0 aromatic heterocycles. The minimum Gasteiger partial charge on any atom is -0.204 e. The van der Waals surface area contributed by atoms with Gasteiger partial charge < -0.3 is 0 Å². The molecule has 0 heterocycles. The van der Waals surface area contributed by atoms with Gasteiger partial charge in [-0.2, -0.15) is 0 Å². The Kier molecular flexibility index (Phi) is 6.39. The van der Waals surface area contributed by atoms with Crippen molar-refractivity contribution in [2.45, 2.75) is 27.2 Å². The van der Waals surface area contributed by atoms with Crippen molar-refractivity contribution in [3.05, 3.63) is 35.4 Å². The van der Waals surface area contributed by atoms with Gasteiger partial charge in [0.1, 0.15) is 0 Å². The molecule has 0 unspecified atom stereocenters. The van der Waals surface area contributed by atoms with Crippen LogP contribution in [-0.2, 0) is 0 Å². The highest BCUT2D eigenvalue weighted by molar-refractivity contribution is 5.34. The minimum atomic E-state index is -0.849. The summed E-state index contributed by atoms with van der Waals surface area (Å²) < 4.78 is 25.0. The van der Waals surface area contributed by atoms with E-state index in [1.165, 1.54) is 6.07 Å². The standard InChI is InChI=1S/C10H8F2.C2H6/c1-2-3-4-8-5-6-9(11)10(12)7-8;1-2/h5-7H,2H2,1H3;1-2H3. The van der Waals surface area contributed by atoms with Crippen LogP contribution in [-0.4, -0.2) is 0 Å². The van der Waals surface area contributed by atoms with Gasteiger partial charge in [-0.1, -0.05) is 32.6 Å². The van der Waals surface area contributed by atoms with Crippen molar-refractivity contribution < 1.29 is 8.78 Å². The fraction of sp³-hybridized carbons (Fsp3) is 0.333. The van der Waals surface area contributed by atoms with Gasteiger partial charge in [0.2, 0.25) is 0 Å². The van der Waals surface area contributed by atoms with Gasteiger partial charge >= 0.3 is 0 Å². The Hall–Kier alpha value is -1.36. The molecule has 0 N–H and O–H groups in total. The van der Waals surface area contributed by atoms with Crippen molar-refractivity contribution >= 4 is 0 Å². The van der Waals surface area contributed by atoms with Gasteiger partial charge in [0.25, 0.3) is 0 Å². The van der Waals surface area contributed by atoms with Crippen LogP contribution in [0.5, 0.6) is 0 Å². The van der Waals surface area contributed by atoms with Crippen LogP contribution in [0.3, 0.4) is 0 Å². The van der Waals surface area contributed by atoms with Crippen LogP contribution in [0.4, 0.5) is 8.78 Å². The summed E-state index contributed by atoms with van der Waals surface area (Å²) in [6.07, 6.45) is 0.707. The predicted molar refractivity (Wildman–Crippen MR) is 54.9 cm³/mol. The molecule has 0 aliphatic heterocycles. The number of halogens is 2. The van der Waals surface area contributed by atoms with Crippen LogP contribution in [0.1, 0.15) is 32.8 Å². The van der Waals surface area contributed by atoms with Gasteiger partial charge in [-0.25, -0.2) is 8.78 Å². The van der Waals surface area contributed by atoms with E-state index in [2.05, 4.69) is 11.8 Å². The average molecular weight is 196 g/mol. The molecule has 0 radical (unpaired) electrons. The van der Waals surface area contributed by atoms with Gasteiger partial charge in [0.05, 0.1) is 0 Å². The third-order valence-corrected chi connectivity index (χ3v) is 1.33. The van der Waals surface area contributed by atoms with E-state index in [-0.39, 0.29) is 0 Å². The maximum absolute atomic E-state index is 12.6. The van der Waals surface area contributed by atoms with Crippen molar-refractivity contribution in [1.29, 1.82) is 0 Å². The molecule has 0 aliphatic rings. The van der Waals surface area contributed by atoms with E-state index in [4.69, 9.17) is 0 Å². The lowest BCUT2D eigenvalue weighted by molar-refractivity contribution is 0.508. The molecule has 0 spiro atoms. The quantitative estimate of drug-likeness (QED) is 0.554. The first-order valence-electron chi connectivity index (χ1n) is 4.68. The van der Waals surface area contributed by atoms with Crippen molar-refractivity contribution in [1.82, 2.24) is 0 Å². The third-order valence-electron chi connectivity index (χ3n) is 1.33. The van der Waals surface area contributed by atoms with Crippen molar-refractivity contribution in [2.24, 2.45) is 0 Å². The van der Waals surface area contributed by atoms with E-state index in [1.807, 2.05) is 20.8 Å². The summed E-state index contributed by atoms with van der Waals surface area (Å²) in [7, 11) is 0. The van der Waals surface area contributed by atoms with E-state index in [9.17, 15) is 8.78 Å². The number of rotatable bonds is 0. The van der Waals surface area contributed by atoms with Crippen molar-refractivity contribution in [3.8, 4) is 11.8 Å². The second-order valence-corrected chi connectivity index (χ2v) is 2.28. The largest absolute Gasteiger partial charge is 0.204 e. The highest BCUT2D eigenvalue weighted by atomic mass is 19.2. The van der Waals surface area contributed by atoms with E-state index >= 15 is 0 Å². The Morgan fingerprint density at radius 3 is 2.29 bits per heavy atom. The second-order valence-electron chi connectivity index (χ2n) is 2.28. The lowest BCUT2D eigenvalue weighted by Gasteiger charge is -1.92.